The molecule has 0 radical (unpaired) electrons. The topological polar surface area (TPSA) is 71.5 Å². The van der Waals surface area contributed by atoms with Gasteiger partial charge in [0.15, 0.2) is 0 Å². The molecule has 1 aliphatic rings. The van der Waals surface area contributed by atoms with Crippen molar-refractivity contribution in [3.05, 3.63) is 36.0 Å². The first kappa shape index (κ1) is 14.9. The summed E-state index contributed by atoms with van der Waals surface area (Å²) in [5.41, 5.74) is 0.902. The summed E-state index contributed by atoms with van der Waals surface area (Å²) in [4.78, 5) is 15.9. The summed E-state index contributed by atoms with van der Waals surface area (Å²) in [7, 11) is 1.64. The first-order valence-corrected chi connectivity index (χ1v) is 7.50. The molecule has 22 heavy (non-hydrogen) atoms. The van der Waals surface area contributed by atoms with Crippen LogP contribution in [-0.2, 0) is 11.2 Å². The number of aryl methyl sites for hydroxylation is 1. The maximum Gasteiger partial charge on any atom is 0.138 e. The van der Waals surface area contributed by atoms with E-state index in [0.717, 1.165) is 22.2 Å². The molecule has 1 aromatic heterocycles. The van der Waals surface area contributed by atoms with Gasteiger partial charge in [-0.2, -0.15) is 0 Å². The molecule has 5 heteroatoms. The van der Waals surface area contributed by atoms with Crippen LogP contribution in [0.5, 0.6) is 5.75 Å². The lowest BCUT2D eigenvalue weighted by molar-refractivity contribution is -0.129. The smallest absolute Gasteiger partial charge is 0.138 e. The van der Waals surface area contributed by atoms with Crippen molar-refractivity contribution in [2.45, 2.75) is 31.4 Å². The number of piperidine rings is 1. The second-order valence-electron chi connectivity index (χ2n) is 5.78. The fraction of sp³-hybridized carbons (Fsp3) is 0.412. The minimum absolute atomic E-state index is 0.113. The first-order valence-electron chi connectivity index (χ1n) is 7.50. The van der Waals surface area contributed by atoms with Crippen molar-refractivity contribution in [2.75, 3.05) is 13.7 Å². The van der Waals surface area contributed by atoms with E-state index in [4.69, 9.17) is 4.74 Å². The maximum absolute atomic E-state index is 11.6. The van der Waals surface area contributed by atoms with Crippen LogP contribution in [0, 0.1) is 0 Å². The summed E-state index contributed by atoms with van der Waals surface area (Å²) in [6.07, 6.45) is 3.61. The highest BCUT2D eigenvalue weighted by Gasteiger charge is 2.32. The van der Waals surface area contributed by atoms with Crippen LogP contribution in [0.15, 0.2) is 30.5 Å². The molecule has 0 saturated carbocycles. The highest BCUT2D eigenvalue weighted by molar-refractivity contribution is 5.83. The Labute approximate surface area is 129 Å². The fourth-order valence-corrected chi connectivity index (χ4v) is 2.96. The average molecular weight is 300 g/mol. The normalized spacial score (nSPS) is 22.0. The zero-order chi connectivity index (χ0) is 15.6. The predicted octanol–water partition coefficient (Wildman–Crippen LogP) is 1.82. The quantitative estimate of drug-likeness (QED) is 0.901. The lowest BCUT2D eigenvalue weighted by Gasteiger charge is -2.32. The van der Waals surface area contributed by atoms with Crippen molar-refractivity contribution in [3.8, 4) is 5.75 Å². The van der Waals surface area contributed by atoms with E-state index in [0.29, 0.717) is 25.8 Å². The van der Waals surface area contributed by atoms with Crippen LogP contribution in [0.2, 0.25) is 0 Å². The molecule has 2 heterocycles. The zero-order valence-corrected chi connectivity index (χ0v) is 12.6. The second-order valence-corrected chi connectivity index (χ2v) is 5.78. The Morgan fingerprint density at radius 3 is 3.05 bits per heavy atom. The second kappa shape index (κ2) is 6.02. The van der Waals surface area contributed by atoms with Crippen molar-refractivity contribution in [1.82, 2.24) is 10.3 Å². The molecule has 0 bridgehead atoms. The van der Waals surface area contributed by atoms with Gasteiger partial charge in [0.1, 0.15) is 17.3 Å². The number of aromatic nitrogens is 1. The van der Waals surface area contributed by atoms with Crippen LogP contribution in [0.3, 0.4) is 0 Å². The number of hydrogen-bond donors (Lipinski definition) is 2. The number of methoxy groups -OCH3 is 1. The lowest BCUT2D eigenvalue weighted by Crippen LogP contribution is -2.51. The number of carbonyl (C=O) groups is 1. The number of Topliss-reactive ketones (excluding diaryl/α,β-unsaturated/α-hetero) is 1. The van der Waals surface area contributed by atoms with Gasteiger partial charge in [-0.1, -0.05) is 0 Å². The number of aliphatic hydroxyl groups is 1. The van der Waals surface area contributed by atoms with Gasteiger partial charge in [0.05, 0.1) is 12.6 Å². The number of rotatable bonds is 4. The van der Waals surface area contributed by atoms with Gasteiger partial charge in [0.25, 0.3) is 0 Å². The molecule has 3 rings (SSSR count). The molecule has 1 aromatic carbocycles. The molecule has 0 amide bonds. The molecule has 1 fully saturated rings. The van der Waals surface area contributed by atoms with Crippen LogP contribution >= 0.6 is 0 Å². The Kier molecular flexibility index (Phi) is 4.09. The van der Waals surface area contributed by atoms with Crippen molar-refractivity contribution in [1.29, 1.82) is 0 Å². The number of fused-ring (bicyclic) bond motifs is 1. The van der Waals surface area contributed by atoms with E-state index in [-0.39, 0.29) is 12.2 Å². The van der Waals surface area contributed by atoms with Gasteiger partial charge < -0.3 is 9.84 Å². The van der Waals surface area contributed by atoms with E-state index >= 15 is 0 Å². The van der Waals surface area contributed by atoms with E-state index < -0.39 is 5.72 Å². The number of carbonyl (C=O) groups excluding carboxylic acids is 1. The molecule has 0 aliphatic carbocycles. The maximum atomic E-state index is 11.6. The predicted molar refractivity (Wildman–Crippen MR) is 83.8 cm³/mol. The van der Waals surface area contributed by atoms with E-state index in [1.807, 2.05) is 24.3 Å². The Hall–Kier alpha value is -1.98. The average Bonchev–Trinajstić information content (AvgIpc) is 2.52. The van der Waals surface area contributed by atoms with Crippen molar-refractivity contribution in [2.24, 2.45) is 0 Å². The Morgan fingerprint density at radius 1 is 1.41 bits per heavy atom. The van der Waals surface area contributed by atoms with Crippen molar-refractivity contribution >= 4 is 16.7 Å². The van der Waals surface area contributed by atoms with Crippen molar-refractivity contribution in [3.63, 3.8) is 0 Å². The third-order valence-electron chi connectivity index (χ3n) is 4.19. The highest BCUT2D eigenvalue weighted by Crippen LogP contribution is 2.26. The van der Waals surface area contributed by atoms with E-state index in [1.165, 1.54) is 0 Å². The third kappa shape index (κ3) is 3.10. The van der Waals surface area contributed by atoms with Gasteiger partial charge in [-0.25, -0.2) is 0 Å². The molecule has 116 valence electrons. The monoisotopic (exact) mass is 300 g/mol. The molecule has 5 nitrogen and oxygen atoms in total. The molecular formula is C17H20N2O3. The molecule has 1 aliphatic heterocycles. The van der Waals surface area contributed by atoms with Gasteiger partial charge in [0.2, 0.25) is 0 Å². The highest BCUT2D eigenvalue weighted by atomic mass is 16.5. The summed E-state index contributed by atoms with van der Waals surface area (Å²) in [5, 5.41) is 14.6. The number of nitrogens with one attached hydrogen (secondary N) is 1. The third-order valence-corrected chi connectivity index (χ3v) is 4.19. The van der Waals surface area contributed by atoms with Gasteiger partial charge in [-0.15, -0.1) is 0 Å². The van der Waals surface area contributed by atoms with Gasteiger partial charge in [-0.3, -0.25) is 15.1 Å². The van der Waals surface area contributed by atoms with Crippen LogP contribution in [0.1, 0.15) is 24.8 Å². The molecule has 0 spiro atoms. The van der Waals surface area contributed by atoms with Gasteiger partial charge in [0, 0.05) is 31.0 Å². The number of ketones is 1. The lowest BCUT2D eigenvalue weighted by atomic mass is 9.92. The summed E-state index contributed by atoms with van der Waals surface area (Å²) < 4.78 is 5.27. The molecule has 2 N–H and O–H groups in total. The summed E-state index contributed by atoms with van der Waals surface area (Å²) in [6.45, 7) is 0.542. The number of benzene rings is 1. The van der Waals surface area contributed by atoms with Crippen LogP contribution in [0.4, 0.5) is 0 Å². The first-order chi connectivity index (χ1) is 10.6. The Morgan fingerprint density at radius 2 is 2.27 bits per heavy atom. The summed E-state index contributed by atoms with van der Waals surface area (Å²) >= 11 is 0. The number of ether oxygens (including phenoxy) is 1. The minimum Gasteiger partial charge on any atom is -0.497 e. The number of nitrogens with zero attached hydrogens (tertiary/aromatic N) is 1. The molecule has 0 unspecified atom stereocenters. The SMILES string of the molecule is COc1ccc2nccc(CC[C@@]3(O)CC(=O)CCN3)c2c1. The van der Waals surface area contributed by atoms with E-state index in [9.17, 15) is 9.90 Å². The van der Waals surface area contributed by atoms with E-state index in [2.05, 4.69) is 10.3 Å². The number of pyridine rings is 1. The van der Waals surface area contributed by atoms with E-state index in [1.54, 1.807) is 13.3 Å². The van der Waals surface area contributed by atoms with Crippen molar-refractivity contribution < 1.29 is 14.6 Å². The fourth-order valence-electron chi connectivity index (χ4n) is 2.96. The Balaban J connectivity index is 1.83. The van der Waals surface area contributed by atoms with Crippen LogP contribution in [-0.4, -0.2) is 35.3 Å². The van der Waals surface area contributed by atoms with Gasteiger partial charge >= 0.3 is 0 Å². The molecular weight excluding hydrogens is 280 g/mol. The standard InChI is InChI=1S/C17H20N2O3/c1-22-14-2-3-16-15(10-14)12(5-8-18-16)4-7-17(21)11-13(20)6-9-19-17/h2-3,5,8,10,19,21H,4,6-7,9,11H2,1H3/t17-/m1/s1. The minimum atomic E-state index is -1.09. The Bertz CT molecular complexity index is 701. The summed E-state index contributed by atoms with van der Waals surface area (Å²) in [6, 6.07) is 7.72. The summed E-state index contributed by atoms with van der Waals surface area (Å²) in [5.74, 6) is 0.897. The van der Waals surface area contributed by atoms with Gasteiger partial charge in [-0.05, 0) is 42.7 Å². The van der Waals surface area contributed by atoms with Crippen LogP contribution in [0.25, 0.3) is 10.9 Å². The molecule has 1 saturated heterocycles. The largest absolute Gasteiger partial charge is 0.497 e. The number of hydrogen-bond acceptors (Lipinski definition) is 5. The zero-order valence-electron chi connectivity index (χ0n) is 12.6. The van der Waals surface area contributed by atoms with Crippen LogP contribution < -0.4 is 10.1 Å². The molecule has 1 atom stereocenters. The molecule has 2 aromatic rings.